The van der Waals surface area contributed by atoms with Gasteiger partial charge in [-0.2, -0.15) is 4.99 Å². The van der Waals surface area contributed by atoms with E-state index in [0.29, 0.717) is 22.7 Å². The van der Waals surface area contributed by atoms with Crippen LogP contribution >= 0.6 is 0 Å². The summed E-state index contributed by atoms with van der Waals surface area (Å²) < 4.78 is 0. The van der Waals surface area contributed by atoms with Gasteiger partial charge in [-0.3, -0.25) is 0 Å². The molecule has 0 aliphatic heterocycles. The molecule has 4 fully saturated rings. The van der Waals surface area contributed by atoms with Gasteiger partial charge in [0, 0.05) is 0 Å². The van der Waals surface area contributed by atoms with Crippen molar-refractivity contribution >= 4 is 6.08 Å². The molecule has 4 aliphatic carbocycles. The lowest BCUT2D eigenvalue weighted by molar-refractivity contribution is -0.0460. The van der Waals surface area contributed by atoms with Gasteiger partial charge in [-0.1, -0.05) is 27.7 Å². The first kappa shape index (κ1) is 12.4. The fraction of sp³-hybridized carbons (Fsp3) is 0.938. The van der Waals surface area contributed by atoms with Crippen molar-refractivity contribution in [2.75, 3.05) is 0 Å². The summed E-state index contributed by atoms with van der Waals surface area (Å²) in [4.78, 5) is 15.3. The first-order chi connectivity index (χ1) is 8.35. The van der Waals surface area contributed by atoms with Gasteiger partial charge in [-0.05, 0) is 60.7 Å². The lowest BCUT2D eigenvalue weighted by Gasteiger charge is -2.55. The van der Waals surface area contributed by atoms with Crippen molar-refractivity contribution in [1.29, 1.82) is 0 Å². The van der Waals surface area contributed by atoms with Gasteiger partial charge >= 0.3 is 0 Å². The van der Waals surface area contributed by atoms with Crippen LogP contribution in [0.15, 0.2) is 4.99 Å². The molecule has 0 spiro atoms. The highest BCUT2D eigenvalue weighted by Gasteiger charge is 2.67. The number of rotatable bonds is 2. The number of hydrogen-bond donors (Lipinski definition) is 0. The maximum absolute atomic E-state index is 11.0. The third-order valence-corrected chi connectivity index (χ3v) is 6.57. The van der Waals surface area contributed by atoms with Gasteiger partial charge < -0.3 is 0 Å². The van der Waals surface area contributed by atoms with Crippen molar-refractivity contribution in [1.82, 2.24) is 0 Å². The van der Waals surface area contributed by atoms with Gasteiger partial charge in [-0.15, -0.1) is 0 Å². The van der Waals surface area contributed by atoms with Crippen molar-refractivity contribution in [2.24, 2.45) is 33.6 Å². The summed E-state index contributed by atoms with van der Waals surface area (Å²) in [6, 6.07) is 0. The molecular weight excluding hydrogens is 222 g/mol. The lowest BCUT2D eigenvalue weighted by Crippen LogP contribution is -2.47. The summed E-state index contributed by atoms with van der Waals surface area (Å²) in [7, 11) is 0. The van der Waals surface area contributed by atoms with E-state index < -0.39 is 0 Å². The Morgan fingerprint density at radius 1 is 1.22 bits per heavy atom. The van der Waals surface area contributed by atoms with E-state index in [2.05, 4.69) is 32.7 Å². The van der Waals surface area contributed by atoms with Crippen molar-refractivity contribution in [3.8, 4) is 0 Å². The highest BCUT2D eigenvalue weighted by Crippen LogP contribution is 2.72. The van der Waals surface area contributed by atoms with Crippen molar-refractivity contribution < 1.29 is 4.79 Å². The van der Waals surface area contributed by atoms with Crippen LogP contribution in [0.5, 0.6) is 0 Å². The summed E-state index contributed by atoms with van der Waals surface area (Å²) in [5.74, 6) is 1.86. The molecule has 0 N–H and O–H groups in total. The fourth-order valence-electron chi connectivity index (χ4n) is 6.05. The van der Waals surface area contributed by atoms with E-state index in [9.17, 15) is 4.79 Å². The minimum absolute atomic E-state index is 0.112. The number of isocyanates is 1. The maximum atomic E-state index is 11.0. The highest BCUT2D eigenvalue weighted by atomic mass is 16.1. The molecule has 2 nitrogen and oxygen atoms in total. The average Bonchev–Trinajstić information content (AvgIpc) is 2.44. The van der Waals surface area contributed by atoms with Crippen molar-refractivity contribution in [2.45, 2.75) is 65.3 Å². The summed E-state index contributed by atoms with van der Waals surface area (Å²) in [5, 5.41) is 0. The Balaban J connectivity index is 2.10. The predicted octanol–water partition coefficient (Wildman–Crippen LogP) is 3.95. The average molecular weight is 247 g/mol. The molecule has 0 radical (unpaired) electrons. The normalized spacial score (nSPS) is 53.6. The van der Waals surface area contributed by atoms with Crippen LogP contribution in [-0.4, -0.2) is 11.6 Å². The van der Waals surface area contributed by atoms with Crippen molar-refractivity contribution in [3.05, 3.63) is 0 Å². The number of carbonyl (C=O) groups excluding carboxylic acids is 1. The molecule has 4 aliphatic rings. The Bertz CT molecular complexity index is 425. The van der Waals surface area contributed by atoms with Crippen LogP contribution in [0.25, 0.3) is 0 Å². The monoisotopic (exact) mass is 247 g/mol. The predicted molar refractivity (Wildman–Crippen MR) is 72.0 cm³/mol. The Labute approximate surface area is 110 Å². The van der Waals surface area contributed by atoms with E-state index in [1.54, 1.807) is 0 Å². The Morgan fingerprint density at radius 2 is 1.94 bits per heavy atom. The zero-order valence-electron chi connectivity index (χ0n) is 12.1. The molecule has 18 heavy (non-hydrogen) atoms. The van der Waals surface area contributed by atoms with Crippen LogP contribution in [0.3, 0.4) is 0 Å². The van der Waals surface area contributed by atoms with Crippen LogP contribution < -0.4 is 0 Å². The lowest BCUT2D eigenvalue weighted by atomic mass is 9.50. The molecule has 0 heterocycles. The molecule has 4 saturated carbocycles. The molecular formula is C16H25NO. The van der Waals surface area contributed by atoms with Crippen LogP contribution in [0.2, 0.25) is 0 Å². The van der Waals surface area contributed by atoms with E-state index >= 15 is 0 Å². The van der Waals surface area contributed by atoms with Crippen LogP contribution in [0, 0.1) is 28.6 Å². The zero-order chi connectivity index (χ0) is 13.2. The molecule has 0 aromatic rings. The molecule has 4 rings (SSSR count). The van der Waals surface area contributed by atoms with Gasteiger partial charge in [0.2, 0.25) is 6.08 Å². The van der Waals surface area contributed by atoms with E-state index in [1.165, 1.54) is 25.7 Å². The van der Waals surface area contributed by atoms with Gasteiger partial charge in [0.25, 0.3) is 0 Å². The van der Waals surface area contributed by atoms with Gasteiger partial charge in [0.15, 0.2) is 0 Å². The molecule has 0 aromatic carbocycles. The second-order valence-corrected chi connectivity index (χ2v) is 8.12. The summed E-state index contributed by atoms with van der Waals surface area (Å²) in [6.07, 6.45) is 8.35. The maximum Gasteiger partial charge on any atom is 0.235 e. The van der Waals surface area contributed by atoms with Gasteiger partial charge in [0.1, 0.15) is 0 Å². The molecule has 2 heteroatoms. The van der Waals surface area contributed by atoms with Crippen molar-refractivity contribution in [3.63, 3.8) is 0 Å². The molecule has 0 aromatic heterocycles. The van der Waals surface area contributed by atoms with Gasteiger partial charge in [-0.25, -0.2) is 4.79 Å². The highest BCUT2D eigenvalue weighted by molar-refractivity contribution is 5.37. The quantitative estimate of drug-likeness (QED) is 0.536. The molecule has 5 atom stereocenters. The number of hydrogen-bond acceptors (Lipinski definition) is 2. The molecule has 0 amide bonds. The Morgan fingerprint density at radius 3 is 2.50 bits per heavy atom. The first-order valence-electron chi connectivity index (χ1n) is 7.44. The number of aliphatic imine (C=N–C) groups is 1. The minimum Gasteiger partial charge on any atom is -0.211 e. The third kappa shape index (κ3) is 1.36. The zero-order valence-corrected chi connectivity index (χ0v) is 12.1. The van der Waals surface area contributed by atoms with Gasteiger partial charge in [0.05, 0.1) is 5.54 Å². The SMILES string of the molecule is CC(C)[C@@]1(N=C=O)C[C@@]2(C)C[C@]3(C)CC[C@H]2[C@H]1C3. The minimum atomic E-state index is -0.112. The largest absolute Gasteiger partial charge is 0.235 e. The topological polar surface area (TPSA) is 29.4 Å². The Hall–Kier alpha value is -0.620. The molecule has 0 saturated heterocycles. The summed E-state index contributed by atoms with van der Waals surface area (Å²) >= 11 is 0. The summed E-state index contributed by atoms with van der Waals surface area (Å²) in [5.41, 5.74) is 0.809. The third-order valence-electron chi connectivity index (χ3n) is 6.57. The second-order valence-electron chi connectivity index (χ2n) is 8.12. The Kier molecular flexibility index (Phi) is 2.40. The van der Waals surface area contributed by atoms with Crippen LogP contribution in [-0.2, 0) is 4.79 Å². The number of nitrogens with zero attached hydrogens (tertiary/aromatic N) is 1. The molecule has 0 unspecified atom stereocenters. The van der Waals surface area contributed by atoms with E-state index in [0.717, 1.165) is 12.3 Å². The van der Waals surface area contributed by atoms with E-state index in [4.69, 9.17) is 0 Å². The molecule has 100 valence electrons. The first-order valence-corrected chi connectivity index (χ1v) is 7.44. The second kappa shape index (κ2) is 3.48. The van der Waals surface area contributed by atoms with Crippen LogP contribution in [0.1, 0.15) is 59.8 Å². The smallest absolute Gasteiger partial charge is 0.211 e. The van der Waals surface area contributed by atoms with E-state index in [1.807, 2.05) is 6.08 Å². The standard InChI is InChI=1S/C16H25NO/c1-11(2)16(17-10-18)9-15(4)8-14(3)6-5-12(15)13(16)7-14/h11-13H,5-9H2,1-4H3/t12-,13+,14+,15+,16-/m0/s1. The summed E-state index contributed by atoms with van der Waals surface area (Å²) in [6.45, 7) is 9.38. The number of fused-ring (bicyclic) bond motifs is 1. The fourth-order valence-corrected chi connectivity index (χ4v) is 6.05. The molecule has 4 bridgehead atoms. The van der Waals surface area contributed by atoms with Crippen LogP contribution in [0.4, 0.5) is 0 Å². The van der Waals surface area contributed by atoms with E-state index in [-0.39, 0.29) is 5.54 Å².